The molecule has 0 atom stereocenters. The van der Waals surface area contributed by atoms with E-state index in [1.165, 1.54) is 12.1 Å². The number of nitrogens with zero attached hydrogens (tertiary/aromatic N) is 3. The number of amides is 1. The Labute approximate surface area is 160 Å². The number of hydrogen-bond donors (Lipinski definition) is 3. The van der Waals surface area contributed by atoms with Crippen LogP contribution in [-0.2, 0) is 6.54 Å². The fourth-order valence-electron chi connectivity index (χ4n) is 2.79. The van der Waals surface area contributed by atoms with Crippen LogP contribution in [0.5, 0.6) is 0 Å². The Bertz CT molecular complexity index is 1120. The summed E-state index contributed by atoms with van der Waals surface area (Å²) in [5.74, 6) is -0.425. The van der Waals surface area contributed by atoms with Crippen molar-refractivity contribution in [3.05, 3.63) is 84.1 Å². The first-order valence-electron chi connectivity index (χ1n) is 8.59. The number of nitrogen functional groups attached to an aromatic ring is 1. The number of rotatable bonds is 5. The molecule has 3 aromatic heterocycles. The number of anilines is 3. The SMILES string of the molecule is Nc1ncccc1NCc1cc(NC(=O)c2cc3ccccn3n2)ccc1F. The Morgan fingerprint density at radius 3 is 2.86 bits per heavy atom. The summed E-state index contributed by atoms with van der Waals surface area (Å²) in [6.45, 7) is 0.194. The molecule has 28 heavy (non-hydrogen) atoms. The molecule has 7 nitrogen and oxygen atoms in total. The lowest BCUT2D eigenvalue weighted by molar-refractivity contribution is 0.102. The van der Waals surface area contributed by atoms with Gasteiger partial charge in [-0.1, -0.05) is 6.07 Å². The molecule has 4 N–H and O–H groups in total. The third kappa shape index (κ3) is 3.61. The summed E-state index contributed by atoms with van der Waals surface area (Å²) in [7, 11) is 0. The van der Waals surface area contributed by atoms with E-state index in [9.17, 15) is 9.18 Å². The van der Waals surface area contributed by atoms with E-state index in [2.05, 4.69) is 20.7 Å². The number of hydrogen-bond acceptors (Lipinski definition) is 5. The largest absolute Gasteiger partial charge is 0.382 e. The first kappa shape index (κ1) is 17.5. The Kier molecular flexibility index (Phi) is 4.59. The zero-order chi connectivity index (χ0) is 19.5. The molecule has 4 aromatic rings. The van der Waals surface area contributed by atoms with E-state index < -0.39 is 0 Å². The van der Waals surface area contributed by atoms with Crippen LogP contribution in [-0.4, -0.2) is 20.5 Å². The molecule has 3 heterocycles. The molecule has 140 valence electrons. The Hall–Kier alpha value is -3.94. The minimum atomic E-state index is -0.388. The third-order valence-electron chi connectivity index (χ3n) is 4.21. The quantitative estimate of drug-likeness (QED) is 0.496. The van der Waals surface area contributed by atoms with Gasteiger partial charge in [-0.15, -0.1) is 0 Å². The predicted molar refractivity (Wildman–Crippen MR) is 106 cm³/mol. The van der Waals surface area contributed by atoms with Crippen molar-refractivity contribution in [1.82, 2.24) is 14.6 Å². The molecule has 0 spiro atoms. The number of nitrogens with two attached hydrogens (primary N) is 1. The Balaban J connectivity index is 1.50. The minimum absolute atomic E-state index is 0.194. The second kappa shape index (κ2) is 7.36. The van der Waals surface area contributed by atoms with Crippen molar-refractivity contribution in [2.24, 2.45) is 0 Å². The number of nitrogens with one attached hydrogen (secondary N) is 2. The molecule has 0 aliphatic heterocycles. The lowest BCUT2D eigenvalue weighted by atomic mass is 10.1. The lowest BCUT2D eigenvalue weighted by Crippen LogP contribution is -2.13. The van der Waals surface area contributed by atoms with Gasteiger partial charge in [0.2, 0.25) is 0 Å². The highest BCUT2D eigenvalue weighted by Gasteiger charge is 2.12. The van der Waals surface area contributed by atoms with Gasteiger partial charge in [0.1, 0.15) is 11.6 Å². The first-order valence-corrected chi connectivity index (χ1v) is 8.59. The lowest BCUT2D eigenvalue weighted by Gasteiger charge is -2.11. The predicted octanol–water partition coefficient (Wildman–Crippen LogP) is 3.32. The van der Waals surface area contributed by atoms with Crippen LogP contribution >= 0.6 is 0 Å². The molecule has 0 fully saturated rings. The van der Waals surface area contributed by atoms with E-state index in [-0.39, 0.29) is 24.0 Å². The second-order valence-electron chi connectivity index (χ2n) is 6.15. The molecule has 0 bridgehead atoms. The van der Waals surface area contributed by atoms with Crippen molar-refractivity contribution in [3.8, 4) is 0 Å². The van der Waals surface area contributed by atoms with Crippen molar-refractivity contribution in [2.75, 3.05) is 16.4 Å². The topological polar surface area (TPSA) is 97.3 Å². The van der Waals surface area contributed by atoms with E-state index in [0.717, 1.165) is 5.52 Å². The molecule has 0 saturated heterocycles. The molecule has 0 radical (unpaired) electrons. The van der Waals surface area contributed by atoms with Crippen molar-refractivity contribution in [2.45, 2.75) is 6.54 Å². The molecule has 1 aromatic carbocycles. The van der Waals surface area contributed by atoms with Gasteiger partial charge in [0, 0.05) is 30.2 Å². The van der Waals surface area contributed by atoms with Crippen LogP contribution in [0, 0.1) is 5.82 Å². The Morgan fingerprint density at radius 2 is 2.04 bits per heavy atom. The highest BCUT2D eigenvalue weighted by Crippen LogP contribution is 2.19. The van der Waals surface area contributed by atoms with Crippen LogP contribution in [0.25, 0.3) is 5.52 Å². The first-order chi connectivity index (χ1) is 13.6. The van der Waals surface area contributed by atoms with Crippen LogP contribution in [0.3, 0.4) is 0 Å². The number of pyridine rings is 2. The fourth-order valence-corrected chi connectivity index (χ4v) is 2.79. The fraction of sp³-hybridized carbons (Fsp3) is 0.0500. The monoisotopic (exact) mass is 376 g/mol. The number of halogens is 1. The molecule has 0 unspecified atom stereocenters. The van der Waals surface area contributed by atoms with E-state index >= 15 is 0 Å². The van der Waals surface area contributed by atoms with E-state index in [1.54, 1.807) is 41.2 Å². The van der Waals surface area contributed by atoms with Gasteiger partial charge in [-0.2, -0.15) is 5.10 Å². The molecular formula is C20H17FN6O. The van der Waals surface area contributed by atoms with E-state index in [0.29, 0.717) is 22.8 Å². The summed E-state index contributed by atoms with van der Waals surface area (Å²) >= 11 is 0. The van der Waals surface area contributed by atoms with Crippen molar-refractivity contribution in [1.29, 1.82) is 0 Å². The molecule has 0 aliphatic rings. The summed E-state index contributed by atoms with van der Waals surface area (Å²) < 4.78 is 15.8. The molecular weight excluding hydrogens is 359 g/mol. The van der Waals surface area contributed by atoms with Gasteiger partial charge >= 0.3 is 0 Å². The van der Waals surface area contributed by atoms with Gasteiger partial charge in [-0.05, 0) is 48.5 Å². The van der Waals surface area contributed by atoms with Crippen molar-refractivity contribution in [3.63, 3.8) is 0 Å². The maximum atomic E-state index is 14.2. The maximum Gasteiger partial charge on any atom is 0.276 e. The van der Waals surface area contributed by atoms with Gasteiger partial charge in [-0.3, -0.25) is 4.79 Å². The second-order valence-corrected chi connectivity index (χ2v) is 6.15. The van der Waals surface area contributed by atoms with Gasteiger partial charge < -0.3 is 16.4 Å². The molecule has 4 rings (SSSR count). The number of fused-ring (bicyclic) bond motifs is 1. The average molecular weight is 376 g/mol. The van der Waals surface area contributed by atoms with Crippen LogP contribution in [0.2, 0.25) is 0 Å². The normalized spacial score (nSPS) is 10.8. The van der Waals surface area contributed by atoms with Gasteiger partial charge in [0.25, 0.3) is 5.91 Å². The van der Waals surface area contributed by atoms with Crippen molar-refractivity contribution >= 4 is 28.6 Å². The highest BCUT2D eigenvalue weighted by atomic mass is 19.1. The zero-order valence-electron chi connectivity index (χ0n) is 14.8. The van der Waals surface area contributed by atoms with E-state index in [1.807, 2.05) is 18.2 Å². The van der Waals surface area contributed by atoms with Gasteiger partial charge in [0.05, 0.1) is 11.2 Å². The summed E-state index contributed by atoms with van der Waals surface area (Å²) in [5.41, 5.74) is 8.34. The maximum absolute atomic E-state index is 14.2. The summed E-state index contributed by atoms with van der Waals surface area (Å²) in [6.07, 6.45) is 3.34. The summed E-state index contributed by atoms with van der Waals surface area (Å²) in [5, 5.41) is 10.0. The smallest absolute Gasteiger partial charge is 0.276 e. The number of carbonyl (C=O) groups is 1. The average Bonchev–Trinajstić information content (AvgIpc) is 3.14. The molecule has 8 heteroatoms. The van der Waals surface area contributed by atoms with E-state index in [4.69, 9.17) is 5.73 Å². The number of benzene rings is 1. The van der Waals surface area contributed by atoms with Crippen molar-refractivity contribution < 1.29 is 9.18 Å². The Morgan fingerprint density at radius 1 is 1.14 bits per heavy atom. The van der Waals surface area contributed by atoms with Crippen LogP contribution in [0.1, 0.15) is 16.1 Å². The molecule has 0 aliphatic carbocycles. The number of aromatic nitrogens is 3. The highest BCUT2D eigenvalue weighted by molar-refractivity contribution is 6.03. The van der Waals surface area contributed by atoms with Crippen LogP contribution in [0.4, 0.5) is 21.6 Å². The molecule has 0 saturated carbocycles. The zero-order valence-corrected chi connectivity index (χ0v) is 14.8. The minimum Gasteiger partial charge on any atom is -0.382 e. The van der Waals surface area contributed by atoms with Crippen LogP contribution in [0.15, 0.2) is 67.0 Å². The summed E-state index contributed by atoms with van der Waals surface area (Å²) in [6, 6.07) is 15.1. The molecule has 1 amide bonds. The van der Waals surface area contributed by atoms with Crippen LogP contribution < -0.4 is 16.4 Å². The summed E-state index contributed by atoms with van der Waals surface area (Å²) in [4.78, 5) is 16.5. The number of carbonyl (C=O) groups excluding carboxylic acids is 1. The van der Waals surface area contributed by atoms with Gasteiger partial charge in [0.15, 0.2) is 5.69 Å². The van der Waals surface area contributed by atoms with Gasteiger partial charge in [-0.25, -0.2) is 13.9 Å². The third-order valence-corrected chi connectivity index (χ3v) is 4.21. The standard InChI is InChI=1S/C20H17FN6O/c21-16-7-6-14(10-13(16)12-24-17-5-3-8-23-19(17)22)25-20(28)18-11-15-4-1-2-9-27(15)26-18/h1-11,24H,12H2,(H2,22,23)(H,25,28).